The van der Waals surface area contributed by atoms with Gasteiger partial charge in [0.2, 0.25) is 5.78 Å². The van der Waals surface area contributed by atoms with Crippen molar-refractivity contribution < 1.29 is 22.5 Å². The molecule has 6 nitrogen and oxygen atoms in total. The van der Waals surface area contributed by atoms with Gasteiger partial charge in [0.1, 0.15) is 11.5 Å². The van der Waals surface area contributed by atoms with Gasteiger partial charge in [-0.05, 0) is 35.9 Å². The van der Waals surface area contributed by atoms with Crippen LogP contribution in [0.25, 0.3) is 6.08 Å². The molecule has 0 saturated heterocycles. The molecule has 124 valence electrons. The van der Waals surface area contributed by atoms with Crippen molar-refractivity contribution in [3.8, 4) is 11.5 Å². The summed E-state index contributed by atoms with van der Waals surface area (Å²) in [5.74, 6) is 0.418. The minimum Gasteiger partial charge on any atom is -0.452 e. The van der Waals surface area contributed by atoms with E-state index >= 15 is 0 Å². The van der Waals surface area contributed by atoms with E-state index in [0.717, 1.165) is 11.3 Å². The van der Waals surface area contributed by atoms with E-state index in [-0.39, 0.29) is 17.3 Å². The number of carbonyl (C=O) groups is 1. The van der Waals surface area contributed by atoms with E-state index in [9.17, 15) is 9.00 Å². The molecule has 2 aromatic carbocycles. The molecule has 2 aromatic rings. The van der Waals surface area contributed by atoms with Crippen molar-refractivity contribution in [2.24, 2.45) is 0 Å². The fourth-order valence-electron chi connectivity index (χ4n) is 2.32. The van der Waals surface area contributed by atoms with E-state index in [1.165, 1.54) is 18.2 Å². The number of benzene rings is 2. The second-order valence-corrected chi connectivity index (χ2v) is 5.99. The molecule has 1 unspecified atom stereocenters. The third kappa shape index (κ3) is 3.32. The van der Waals surface area contributed by atoms with Crippen LogP contribution in [0.4, 0.5) is 5.69 Å². The van der Waals surface area contributed by atoms with Gasteiger partial charge in [0.25, 0.3) is 0 Å². The third-order valence-electron chi connectivity index (χ3n) is 3.52. The number of hydrogen-bond donors (Lipinski definition) is 1. The maximum atomic E-state index is 12.4. The maximum Gasteiger partial charge on any atom is 0.357 e. The molecular weight excluding hydrogens is 330 g/mol. The number of anilines is 1. The first-order valence-corrected chi connectivity index (χ1v) is 8.12. The Labute approximate surface area is 141 Å². The van der Waals surface area contributed by atoms with E-state index in [0.29, 0.717) is 11.3 Å². The van der Waals surface area contributed by atoms with Crippen molar-refractivity contribution >= 4 is 28.9 Å². The molecule has 1 atom stereocenters. The van der Waals surface area contributed by atoms with Crippen LogP contribution in [0.3, 0.4) is 0 Å². The second-order valence-electron chi connectivity index (χ2n) is 5.38. The Balaban J connectivity index is 1.85. The van der Waals surface area contributed by atoms with Crippen LogP contribution in [0, 0.1) is 0 Å². The molecule has 24 heavy (non-hydrogen) atoms. The summed E-state index contributed by atoms with van der Waals surface area (Å²) in [4.78, 5) is 14.3. The van der Waals surface area contributed by atoms with E-state index in [2.05, 4.69) is 4.18 Å². The first-order valence-electron chi connectivity index (χ1n) is 7.09. The lowest BCUT2D eigenvalue weighted by atomic mass is 10.1. The topological polar surface area (TPSA) is 76.1 Å². The summed E-state index contributed by atoms with van der Waals surface area (Å²) < 4.78 is 29.7. The van der Waals surface area contributed by atoms with Crippen LogP contribution in [0.1, 0.15) is 15.9 Å². The zero-order valence-corrected chi connectivity index (χ0v) is 13.9. The van der Waals surface area contributed by atoms with Crippen molar-refractivity contribution in [3.63, 3.8) is 0 Å². The van der Waals surface area contributed by atoms with Gasteiger partial charge >= 0.3 is 11.4 Å². The van der Waals surface area contributed by atoms with Crippen molar-refractivity contribution in [2.75, 3.05) is 19.0 Å². The number of rotatable bonds is 4. The highest BCUT2D eigenvalue weighted by Crippen LogP contribution is 2.35. The molecule has 0 aliphatic carbocycles. The van der Waals surface area contributed by atoms with Crippen molar-refractivity contribution in [3.05, 3.63) is 59.4 Å². The van der Waals surface area contributed by atoms with Gasteiger partial charge in [-0.3, -0.25) is 9.35 Å². The molecule has 1 aliphatic heterocycles. The highest BCUT2D eigenvalue weighted by atomic mass is 32.2. The van der Waals surface area contributed by atoms with Gasteiger partial charge in [0.15, 0.2) is 5.76 Å². The monoisotopic (exact) mass is 345 g/mol. The summed E-state index contributed by atoms with van der Waals surface area (Å²) >= 11 is -2.43. The summed E-state index contributed by atoms with van der Waals surface area (Å²) in [5, 5.41) is 0. The maximum absolute atomic E-state index is 12.4. The average Bonchev–Trinajstić information content (AvgIpc) is 2.83. The number of nitrogens with zero attached hydrogens (tertiary/aromatic N) is 1. The molecule has 0 fully saturated rings. The van der Waals surface area contributed by atoms with E-state index < -0.39 is 11.4 Å². The van der Waals surface area contributed by atoms with Gasteiger partial charge in [0, 0.05) is 25.8 Å². The van der Waals surface area contributed by atoms with E-state index in [4.69, 9.17) is 9.29 Å². The van der Waals surface area contributed by atoms with Gasteiger partial charge in [-0.1, -0.05) is 12.1 Å². The zero-order chi connectivity index (χ0) is 17.3. The number of hydrogen-bond acceptors (Lipinski definition) is 5. The summed E-state index contributed by atoms with van der Waals surface area (Å²) in [6.45, 7) is 0. The molecule has 1 aliphatic rings. The second kappa shape index (κ2) is 6.46. The Morgan fingerprint density at radius 1 is 1.17 bits per heavy atom. The van der Waals surface area contributed by atoms with Gasteiger partial charge in [-0.25, -0.2) is 0 Å². The molecule has 0 aromatic heterocycles. The molecule has 7 heteroatoms. The normalized spacial score (nSPS) is 15.8. The molecule has 1 heterocycles. The smallest absolute Gasteiger partial charge is 0.357 e. The molecule has 0 spiro atoms. The van der Waals surface area contributed by atoms with Crippen molar-refractivity contribution in [1.29, 1.82) is 0 Å². The number of carbonyl (C=O) groups excluding carboxylic acids is 1. The number of ether oxygens (including phenoxy) is 1. The van der Waals surface area contributed by atoms with Crippen LogP contribution >= 0.6 is 0 Å². The highest BCUT2D eigenvalue weighted by Gasteiger charge is 2.27. The lowest BCUT2D eigenvalue weighted by molar-refractivity contribution is 0.101. The lowest BCUT2D eigenvalue weighted by Gasteiger charge is -2.11. The standard InChI is InChI=1S/C17H15NO5S/c1-18(2)12-5-3-11(4-6-12)9-16-17(19)14-8-7-13(23-24(20)21)10-15(14)22-16/h3-10H,1-2H3,(H,20,21)/b16-9-. The van der Waals surface area contributed by atoms with Gasteiger partial charge in [0.05, 0.1) is 5.56 Å². The number of ketones is 1. The molecule has 1 N–H and O–H groups in total. The van der Waals surface area contributed by atoms with Crippen LogP contribution in [0.15, 0.2) is 48.2 Å². The van der Waals surface area contributed by atoms with Crippen LogP contribution in [-0.4, -0.2) is 28.6 Å². The van der Waals surface area contributed by atoms with Crippen molar-refractivity contribution in [2.45, 2.75) is 0 Å². The SMILES string of the molecule is CN(C)c1ccc(/C=C2\Oc3cc(OS(=O)O)ccc3C2=O)cc1. The number of allylic oxidation sites excluding steroid dienone is 1. The number of Topliss-reactive ketones (excluding diaryl/α,β-unsaturated/α-hetero) is 1. The quantitative estimate of drug-likeness (QED) is 0.678. The van der Waals surface area contributed by atoms with Crippen LogP contribution in [0.2, 0.25) is 0 Å². The Bertz CT molecular complexity index is 843. The molecule has 3 rings (SSSR count). The van der Waals surface area contributed by atoms with Crippen LogP contribution in [-0.2, 0) is 11.4 Å². The number of fused-ring (bicyclic) bond motifs is 1. The first-order chi connectivity index (χ1) is 11.4. The lowest BCUT2D eigenvalue weighted by Crippen LogP contribution is -2.08. The minimum atomic E-state index is -2.43. The predicted octanol–water partition coefficient (Wildman–Crippen LogP) is 2.88. The molecule has 0 amide bonds. The fourth-order valence-corrected chi connectivity index (χ4v) is 2.59. The largest absolute Gasteiger partial charge is 0.452 e. The van der Waals surface area contributed by atoms with Gasteiger partial charge < -0.3 is 13.8 Å². The Morgan fingerprint density at radius 3 is 2.50 bits per heavy atom. The van der Waals surface area contributed by atoms with E-state index in [1.54, 1.807) is 6.08 Å². The van der Waals surface area contributed by atoms with Crippen molar-refractivity contribution in [1.82, 2.24) is 0 Å². The summed E-state index contributed by atoms with van der Waals surface area (Å²) in [6.07, 6.45) is 1.66. The Morgan fingerprint density at radius 2 is 1.88 bits per heavy atom. The van der Waals surface area contributed by atoms with E-state index in [1.807, 2.05) is 43.3 Å². The first kappa shape index (κ1) is 16.2. The Kier molecular flexibility index (Phi) is 4.37. The van der Waals surface area contributed by atoms with Gasteiger partial charge in [-0.2, -0.15) is 4.21 Å². The minimum absolute atomic E-state index is 0.152. The Hall–Kier alpha value is -2.64. The fraction of sp³-hybridized carbons (Fsp3) is 0.118. The highest BCUT2D eigenvalue weighted by molar-refractivity contribution is 7.74. The zero-order valence-electron chi connectivity index (χ0n) is 13.1. The third-order valence-corrected chi connectivity index (χ3v) is 3.85. The molecular formula is C17H15NO5S. The average molecular weight is 345 g/mol. The van der Waals surface area contributed by atoms with Gasteiger partial charge in [-0.15, -0.1) is 0 Å². The molecule has 0 radical (unpaired) electrons. The van der Waals surface area contributed by atoms with Crippen LogP contribution < -0.4 is 13.8 Å². The summed E-state index contributed by atoms with van der Waals surface area (Å²) in [7, 11) is 3.90. The predicted molar refractivity (Wildman–Crippen MR) is 91.5 cm³/mol. The summed E-state index contributed by atoms with van der Waals surface area (Å²) in [5.41, 5.74) is 2.28. The van der Waals surface area contributed by atoms with Crippen LogP contribution in [0.5, 0.6) is 11.5 Å². The molecule has 0 bridgehead atoms. The molecule has 0 saturated carbocycles. The summed E-state index contributed by atoms with van der Waals surface area (Å²) in [6, 6.07) is 12.1.